The maximum atomic E-state index is 12.7. The molecule has 0 N–H and O–H groups in total. The molecule has 1 amide bonds. The van der Waals surface area contributed by atoms with Crippen LogP contribution in [0.15, 0.2) is 24.3 Å². The third-order valence-electron chi connectivity index (χ3n) is 4.81. The van der Waals surface area contributed by atoms with E-state index in [1.165, 1.54) is 19.3 Å². The van der Waals surface area contributed by atoms with Gasteiger partial charge in [0.05, 0.1) is 12.7 Å². The molecule has 3 rings (SSSR count). The summed E-state index contributed by atoms with van der Waals surface area (Å²) in [6.07, 6.45) is 8.16. The highest BCUT2D eigenvalue weighted by molar-refractivity contribution is 5.96. The molecular formula is C20H27NO4. The van der Waals surface area contributed by atoms with Crippen molar-refractivity contribution in [3.05, 3.63) is 29.8 Å². The molecule has 2 saturated carbocycles. The van der Waals surface area contributed by atoms with E-state index < -0.39 is 0 Å². The lowest BCUT2D eigenvalue weighted by molar-refractivity contribution is -0.144. The molecule has 0 aromatic heterocycles. The highest BCUT2D eigenvalue weighted by Gasteiger charge is 2.34. The first-order valence-corrected chi connectivity index (χ1v) is 9.40. The molecule has 5 nitrogen and oxygen atoms in total. The molecule has 1 aromatic carbocycles. The summed E-state index contributed by atoms with van der Waals surface area (Å²) in [7, 11) is 0. The number of nitrogens with zero attached hydrogens (tertiary/aromatic N) is 1. The number of ether oxygens (including phenoxy) is 2. The summed E-state index contributed by atoms with van der Waals surface area (Å²) >= 11 is 0. The quantitative estimate of drug-likeness (QED) is 0.709. The van der Waals surface area contributed by atoms with Gasteiger partial charge in [0.15, 0.2) is 0 Å². The molecule has 0 aliphatic heterocycles. The first-order chi connectivity index (χ1) is 12.2. The van der Waals surface area contributed by atoms with Crippen LogP contribution in [0.1, 0.15) is 62.2 Å². The molecule has 25 heavy (non-hydrogen) atoms. The molecule has 0 bridgehead atoms. The van der Waals surface area contributed by atoms with Crippen molar-refractivity contribution < 1.29 is 19.1 Å². The summed E-state index contributed by atoms with van der Waals surface area (Å²) in [5.74, 6) is 0.353. The Bertz CT molecular complexity index is 588. The fourth-order valence-electron chi connectivity index (χ4n) is 3.32. The Kier molecular flexibility index (Phi) is 5.95. The molecule has 0 heterocycles. The van der Waals surface area contributed by atoms with Gasteiger partial charge in [-0.2, -0.15) is 0 Å². The average molecular weight is 345 g/mol. The van der Waals surface area contributed by atoms with E-state index >= 15 is 0 Å². The summed E-state index contributed by atoms with van der Waals surface area (Å²) in [4.78, 5) is 26.1. The molecule has 0 saturated heterocycles. The van der Waals surface area contributed by atoms with Crippen molar-refractivity contribution in [3.8, 4) is 5.75 Å². The molecule has 0 unspecified atom stereocenters. The van der Waals surface area contributed by atoms with Gasteiger partial charge in [0, 0.05) is 11.6 Å². The molecule has 5 heteroatoms. The van der Waals surface area contributed by atoms with Gasteiger partial charge in [0.25, 0.3) is 5.91 Å². The maximum absolute atomic E-state index is 12.7. The summed E-state index contributed by atoms with van der Waals surface area (Å²) < 4.78 is 11.0. The summed E-state index contributed by atoms with van der Waals surface area (Å²) in [5, 5.41) is 0. The molecular weight excluding hydrogens is 318 g/mol. The van der Waals surface area contributed by atoms with E-state index in [2.05, 4.69) is 0 Å². The van der Waals surface area contributed by atoms with Gasteiger partial charge in [-0.05, 0) is 69.7 Å². The fourth-order valence-corrected chi connectivity index (χ4v) is 3.32. The first kappa shape index (κ1) is 17.8. The van der Waals surface area contributed by atoms with Crippen LogP contribution in [0, 0.1) is 0 Å². The van der Waals surface area contributed by atoms with Crippen LogP contribution in [0.5, 0.6) is 5.75 Å². The topological polar surface area (TPSA) is 55.8 Å². The SMILES string of the molecule is CCOC(=O)CN(C(=O)c1ccc(OC2CCCCC2)cc1)C1CC1. The van der Waals surface area contributed by atoms with Crippen molar-refractivity contribution in [1.82, 2.24) is 4.90 Å². The Balaban J connectivity index is 1.61. The smallest absolute Gasteiger partial charge is 0.325 e. The van der Waals surface area contributed by atoms with E-state index in [-0.39, 0.29) is 24.5 Å². The minimum absolute atomic E-state index is 0.0255. The van der Waals surface area contributed by atoms with E-state index in [1.807, 2.05) is 12.1 Å². The number of rotatable bonds is 7. The highest BCUT2D eigenvalue weighted by atomic mass is 16.5. The van der Waals surface area contributed by atoms with E-state index in [1.54, 1.807) is 24.0 Å². The van der Waals surface area contributed by atoms with E-state index in [0.717, 1.165) is 31.4 Å². The second-order valence-corrected chi connectivity index (χ2v) is 6.87. The van der Waals surface area contributed by atoms with E-state index in [9.17, 15) is 9.59 Å². The number of amides is 1. The summed E-state index contributed by atoms with van der Waals surface area (Å²) in [6, 6.07) is 7.46. The maximum Gasteiger partial charge on any atom is 0.325 e. The summed E-state index contributed by atoms with van der Waals surface area (Å²) in [5.41, 5.74) is 0.590. The molecule has 136 valence electrons. The Morgan fingerprint density at radius 3 is 2.32 bits per heavy atom. The van der Waals surface area contributed by atoms with E-state index in [4.69, 9.17) is 9.47 Å². The van der Waals surface area contributed by atoms with Crippen molar-refractivity contribution in [2.24, 2.45) is 0 Å². The van der Waals surface area contributed by atoms with Crippen LogP contribution in [0.2, 0.25) is 0 Å². The lowest BCUT2D eigenvalue weighted by Crippen LogP contribution is -2.38. The van der Waals surface area contributed by atoms with Crippen molar-refractivity contribution >= 4 is 11.9 Å². The van der Waals surface area contributed by atoms with Gasteiger partial charge in [-0.25, -0.2) is 0 Å². The molecule has 2 fully saturated rings. The molecule has 1 aromatic rings. The van der Waals surface area contributed by atoms with Crippen molar-refractivity contribution in [1.29, 1.82) is 0 Å². The van der Waals surface area contributed by atoms with Crippen LogP contribution in [0.3, 0.4) is 0 Å². The van der Waals surface area contributed by atoms with Crippen molar-refractivity contribution in [2.45, 2.75) is 64.0 Å². The number of carbonyl (C=O) groups is 2. The standard InChI is InChI=1S/C20H27NO4/c1-2-24-19(22)14-21(16-10-11-16)20(23)15-8-12-18(13-9-15)25-17-6-4-3-5-7-17/h8-9,12-13,16-17H,2-7,10-11,14H2,1H3. The average Bonchev–Trinajstić information content (AvgIpc) is 3.46. The molecule has 2 aliphatic carbocycles. The fraction of sp³-hybridized carbons (Fsp3) is 0.600. The molecule has 2 aliphatic rings. The van der Waals surface area contributed by atoms with Gasteiger partial charge in [0.1, 0.15) is 12.3 Å². The van der Waals surface area contributed by atoms with Gasteiger partial charge < -0.3 is 14.4 Å². The summed E-state index contributed by atoms with van der Waals surface area (Å²) in [6.45, 7) is 2.13. The van der Waals surface area contributed by atoms with Crippen LogP contribution < -0.4 is 4.74 Å². The number of carbonyl (C=O) groups excluding carboxylic acids is 2. The van der Waals surface area contributed by atoms with Crippen molar-refractivity contribution in [2.75, 3.05) is 13.2 Å². The highest BCUT2D eigenvalue weighted by Crippen LogP contribution is 2.29. The minimum atomic E-state index is -0.347. The second-order valence-electron chi connectivity index (χ2n) is 6.87. The Hall–Kier alpha value is -2.04. The number of hydrogen-bond donors (Lipinski definition) is 0. The van der Waals surface area contributed by atoms with Crippen LogP contribution in [0.4, 0.5) is 0 Å². The third kappa shape index (κ3) is 4.97. The zero-order chi connectivity index (χ0) is 17.6. The van der Waals surface area contributed by atoms with Gasteiger partial charge in [-0.3, -0.25) is 9.59 Å². The zero-order valence-corrected chi connectivity index (χ0v) is 14.9. The monoisotopic (exact) mass is 345 g/mol. The largest absolute Gasteiger partial charge is 0.490 e. The first-order valence-electron chi connectivity index (χ1n) is 9.40. The second kappa shape index (κ2) is 8.37. The predicted octanol–water partition coefficient (Wildman–Crippen LogP) is 3.57. The number of hydrogen-bond acceptors (Lipinski definition) is 4. The Labute approximate surface area is 149 Å². The van der Waals surface area contributed by atoms with Crippen LogP contribution in [-0.2, 0) is 9.53 Å². The number of esters is 1. The van der Waals surface area contributed by atoms with Crippen LogP contribution in [0.25, 0.3) is 0 Å². The van der Waals surface area contributed by atoms with Gasteiger partial charge >= 0.3 is 5.97 Å². The molecule has 0 spiro atoms. The van der Waals surface area contributed by atoms with Gasteiger partial charge in [0.2, 0.25) is 0 Å². The van der Waals surface area contributed by atoms with Gasteiger partial charge in [-0.1, -0.05) is 6.42 Å². The van der Waals surface area contributed by atoms with Crippen LogP contribution >= 0.6 is 0 Å². The Morgan fingerprint density at radius 1 is 1.04 bits per heavy atom. The number of benzene rings is 1. The third-order valence-corrected chi connectivity index (χ3v) is 4.81. The zero-order valence-electron chi connectivity index (χ0n) is 14.9. The van der Waals surface area contributed by atoms with Gasteiger partial charge in [-0.15, -0.1) is 0 Å². The molecule has 0 radical (unpaired) electrons. The molecule has 0 atom stereocenters. The Morgan fingerprint density at radius 2 is 1.72 bits per heavy atom. The predicted molar refractivity (Wildman–Crippen MR) is 94.6 cm³/mol. The van der Waals surface area contributed by atoms with E-state index in [0.29, 0.717) is 18.3 Å². The van der Waals surface area contributed by atoms with Crippen LogP contribution in [-0.4, -0.2) is 42.1 Å². The normalized spacial score (nSPS) is 17.8. The lowest BCUT2D eigenvalue weighted by Gasteiger charge is -2.23. The lowest BCUT2D eigenvalue weighted by atomic mass is 9.98. The van der Waals surface area contributed by atoms with Crippen molar-refractivity contribution in [3.63, 3.8) is 0 Å². The minimum Gasteiger partial charge on any atom is -0.490 e.